The Hall–Kier alpha value is -0.570. The van der Waals surface area contributed by atoms with Crippen LogP contribution in [0.25, 0.3) is 0 Å². The molecule has 0 radical (unpaired) electrons. The van der Waals surface area contributed by atoms with E-state index in [1.807, 2.05) is 6.92 Å². The van der Waals surface area contributed by atoms with E-state index >= 15 is 0 Å². The minimum atomic E-state index is -0.320. The summed E-state index contributed by atoms with van der Waals surface area (Å²) in [6, 6.07) is 0. The van der Waals surface area contributed by atoms with Crippen molar-refractivity contribution in [1.29, 1.82) is 0 Å². The van der Waals surface area contributed by atoms with Gasteiger partial charge in [-0.3, -0.25) is 4.79 Å². The van der Waals surface area contributed by atoms with E-state index in [4.69, 9.17) is 0 Å². The summed E-state index contributed by atoms with van der Waals surface area (Å²) < 4.78 is 4.58. The van der Waals surface area contributed by atoms with Gasteiger partial charge in [-0.1, -0.05) is 6.92 Å². The lowest BCUT2D eigenvalue weighted by Crippen LogP contribution is -2.13. The number of carbonyl (C=O) groups is 1. The molecule has 0 spiro atoms. The van der Waals surface area contributed by atoms with Crippen molar-refractivity contribution < 1.29 is 14.6 Å². The van der Waals surface area contributed by atoms with Gasteiger partial charge < -0.3 is 9.84 Å². The van der Waals surface area contributed by atoms with Crippen LogP contribution in [0.4, 0.5) is 0 Å². The Balaban J connectivity index is 2.46. The molecule has 1 N–H and O–H groups in total. The van der Waals surface area contributed by atoms with Crippen molar-refractivity contribution >= 4 is 5.97 Å². The van der Waals surface area contributed by atoms with Gasteiger partial charge >= 0.3 is 5.97 Å². The molecule has 0 bridgehead atoms. The minimum absolute atomic E-state index is 0.0787. The van der Waals surface area contributed by atoms with Crippen LogP contribution in [-0.2, 0) is 9.53 Å². The van der Waals surface area contributed by atoms with Gasteiger partial charge in [0.25, 0.3) is 0 Å². The molecule has 1 aliphatic carbocycles. The molecule has 3 heteroatoms. The highest BCUT2D eigenvalue weighted by Crippen LogP contribution is 2.31. The van der Waals surface area contributed by atoms with Crippen LogP contribution < -0.4 is 0 Å². The lowest BCUT2D eigenvalue weighted by Gasteiger charge is -2.04. The van der Waals surface area contributed by atoms with Crippen LogP contribution in [0, 0.1) is 11.8 Å². The summed E-state index contributed by atoms with van der Waals surface area (Å²) >= 11 is 0. The monoisotopic (exact) mass is 158 g/mol. The molecular weight excluding hydrogens is 144 g/mol. The maximum absolute atomic E-state index is 11.0. The van der Waals surface area contributed by atoms with Crippen molar-refractivity contribution in [3.05, 3.63) is 0 Å². The van der Waals surface area contributed by atoms with Crippen molar-refractivity contribution in [2.75, 3.05) is 7.11 Å². The van der Waals surface area contributed by atoms with Gasteiger partial charge in [-0.25, -0.2) is 0 Å². The molecule has 3 atom stereocenters. The average molecular weight is 158 g/mol. The van der Waals surface area contributed by atoms with Gasteiger partial charge in [-0.15, -0.1) is 0 Å². The molecule has 0 amide bonds. The van der Waals surface area contributed by atoms with E-state index in [1.54, 1.807) is 0 Å². The summed E-state index contributed by atoms with van der Waals surface area (Å²) in [4.78, 5) is 11.0. The molecule has 0 aliphatic heterocycles. The van der Waals surface area contributed by atoms with E-state index in [2.05, 4.69) is 4.74 Å². The molecule has 64 valence electrons. The molecule has 1 rings (SSSR count). The Morgan fingerprint density at radius 1 is 1.55 bits per heavy atom. The first-order valence-corrected chi connectivity index (χ1v) is 3.91. The van der Waals surface area contributed by atoms with Gasteiger partial charge in [0, 0.05) is 0 Å². The van der Waals surface area contributed by atoms with E-state index in [1.165, 1.54) is 7.11 Å². The third-order valence-electron chi connectivity index (χ3n) is 2.37. The zero-order valence-corrected chi connectivity index (χ0v) is 6.91. The molecule has 1 fully saturated rings. The highest BCUT2D eigenvalue weighted by molar-refractivity contribution is 5.72. The predicted molar refractivity (Wildman–Crippen MR) is 39.9 cm³/mol. The second-order valence-corrected chi connectivity index (χ2v) is 3.24. The van der Waals surface area contributed by atoms with Gasteiger partial charge in [-0.2, -0.15) is 0 Å². The van der Waals surface area contributed by atoms with Crippen molar-refractivity contribution in [2.45, 2.75) is 25.9 Å². The zero-order valence-electron chi connectivity index (χ0n) is 6.91. The molecule has 3 unspecified atom stereocenters. The lowest BCUT2D eigenvalue weighted by atomic mass is 10.1. The van der Waals surface area contributed by atoms with E-state index in [-0.39, 0.29) is 23.9 Å². The highest BCUT2D eigenvalue weighted by Gasteiger charge is 2.34. The Bertz CT molecular complexity index is 145. The molecule has 0 heterocycles. The molecule has 0 aromatic rings. The summed E-state index contributed by atoms with van der Waals surface area (Å²) in [5.41, 5.74) is 0. The van der Waals surface area contributed by atoms with Gasteiger partial charge in [0.2, 0.25) is 0 Å². The second kappa shape index (κ2) is 3.22. The number of methoxy groups -OCH3 is 1. The number of ether oxygens (including phenoxy) is 1. The maximum atomic E-state index is 11.0. The first-order chi connectivity index (χ1) is 5.15. The van der Waals surface area contributed by atoms with Crippen LogP contribution in [0.5, 0.6) is 0 Å². The third-order valence-corrected chi connectivity index (χ3v) is 2.37. The average Bonchev–Trinajstić information content (AvgIpc) is 2.31. The fraction of sp³-hybridized carbons (Fsp3) is 0.875. The Labute approximate surface area is 66.4 Å². The Morgan fingerprint density at radius 3 is 2.55 bits per heavy atom. The SMILES string of the molecule is COC(=O)C1CC(C)C(O)C1. The Kier molecular flexibility index (Phi) is 2.49. The summed E-state index contributed by atoms with van der Waals surface area (Å²) in [7, 11) is 1.39. The lowest BCUT2D eigenvalue weighted by molar-refractivity contribution is -0.145. The van der Waals surface area contributed by atoms with Crippen LogP contribution in [-0.4, -0.2) is 24.3 Å². The molecular formula is C8H14O3. The maximum Gasteiger partial charge on any atom is 0.308 e. The van der Waals surface area contributed by atoms with Gasteiger partial charge in [0.05, 0.1) is 19.1 Å². The largest absolute Gasteiger partial charge is 0.469 e. The fourth-order valence-corrected chi connectivity index (χ4v) is 1.59. The summed E-state index contributed by atoms with van der Waals surface area (Å²) in [5, 5.41) is 9.30. The molecule has 0 saturated heterocycles. The molecule has 11 heavy (non-hydrogen) atoms. The number of carbonyl (C=O) groups excluding carboxylic acids is 1. The standard InChI is InChI=1S/C8H14O3/c1-5-3-6(4-7(5)9)8(10)11-2/h5-7,9H,3-4H2,1-2H3. The predicted octanol–water partition coefficient (Wildman–Crippen LogP) is 0.566. The molecule has 0 aromatic heterocycles. The summed E-state index contributed by atoms with van der Waals surface area (Å²) in [6.07, 6.45) is 1.00. The first-order valence-electron chi connectivity index (χ1n) is 3.91. The van der Waals surface area contributed by atoms with Gasteiger partial charge in [-0.05, 0) is 18.8 Å². The number of rotatable bonds is 1. The molecule has 1 saturated carbocycles. The number of aliphatic hydroxyl groups excluding tert-OH is 1. The fourth-order valence-electron chi connectivity index (χ4n) is 1.59. The third kappa shape index (κ3) is 1.71. The topological polar surface area (TPSA) is 46.5 Å². The quantitative estimate of drug-likeness (QED) is 0.567. The van der Waals surface area contributed by atoms with Crippen LogP contribution in [0.2, 0.25) is 0 Å². The molecule has 0 aromatic carbocycles. The van der Waals surface area contributed by atoms with E-state index < -0.39 is 0 Å². The second-order valence-electron chi connectivity index (χ2n) is 3.24. The smallest absolute Gasteiger partial charge is 0.308 e. The van der Waals surface area contributed by atoms with Crippen molar-refractivity contribution in [1.82, 2.24) is 0 Å². The van der Waals surface area contributed by atoms with Gasteiger partial charge in [0.15, 0.2) is 0 Å². The molecule has 1 aliphatic rings. The van der Waals surface area contributed by atoms with Gasteiger partial charge in [0.1, 0.15) is 0 Å². The van der Waals surface area contributed by atoms with Crippen molar-refractivity contribution in [2.24, 2.45) is 11.8 Å². The van der Waals surface area contributed by atoms with E-state index in [9.17, 15) is 9.90 Å². The van der Waals surface area contributed by atoms with E-state index in [0.29, 0.717) is 6.42 Å². The normalized spacial score (nSPS) is 37.2. The van der Waals surface area contributed by atoms with Crippen LogP contribution >= 0.6 is 0 Å². The van der Waals surface area contributed by atoms with Crippen LogP contribution in [0.15, 0.2) is 0 Å². The zero-order chi connectivity index (χ0) is 8.43. The Morgan fingerprint density at radius 2 is 2.18 bits per heavy atom. The van der Waals surface area contributed by atoms with E-state index in [0.717, 1.165) is 6.42 Å². The molecule has 3 nitrogen and oxygen atoms in total. The van der Waals surface area contributed by atoms with Crippen molar-refractivity contribution in [3.8, 4) is 0 Å². The summed E-state index contributed by atoms with van der Waals surface area (Å²) in [5.74, 6) is -0.0301. The summed E-state index contributed by atoms with van der Waals surface area (Å²) in [6.45, 7) is 1.95. The minimum Gasteiger partial charge on any atom is -0.469 e. The number of hydrogen-bond acceptors (Lipinski definition) is 3. The number of esters is 1. The van der Waals surface area contributed by atoms with Crippen molar-refractivity contribution in [3.63, 3.8) is 0 Å². The number of hydrogen-bond donors (Lipinski definition) is 1. The number of aliphatic hydroxyl groups is 1. The highest BCUT2D eigenvalue weighted by atomic mass is 16.5. The van der Waals surface area contributed by atoms with Crippen LogP contribution in [0.3, 0.4) is 0 Å². The first kappa shape index (κ1) is 8.53. The van der Waals surface area contributed by atoms with Crippen LogP contribution in [0.1, 0.15) is 19.8 Å².